The first-order valence-electron chi connectivity index (χ1n) is 11.5. The lowest BCUT2D eigenvalue weighted by Crippen LogP contribution is -2.29. The highest BCUT2D eigenvalue weighted by molar-refractivity contribution is 5.72. The second-order valence-electron chi connectivity index (χ2n) is 9.00. The summed E-state index contributed by atoms with van der Waals surface area (Å²) in [5, 5.41) is 26.6. The van der Waals surface area contributed by atoms with Crippen LogP contribution in [0.5, 0.6) is 0 Å². The van der Waals surface area contributed by atoms with E-state index in [9.17, 15) is 5.26 Å². The van der Waals surface area contributed by atoms with Gasteiger partial charge in [-0.25, -0.2) is 19.9 Å². The number of nitrogens with zero attached hydrogens (tertiary/aromatic N) is 9. The number of aromatic nitrogens is 7. The fourth-order valence-corrected chi connectivity index (χ4v) is 4.73. The van der Waals surface area contributed by atoms with Crippen LogP contribution in [-0.4, -0.2) is 40.3 Å². The van der Waals surface area contributed by atoms with Gasteiger partial charge in [-0.3, -0.25) is 4.68 Å². The molecule has 6 rings (SSSR count). The molecule has 4 aromatic rings. The summed E-state index contributed by atoms with van der Waals surface area (Å²) in [6.45, 7) is 0. The van der Waals surface area contributed by atoms with E-state index >= 15 is 0 Å². The van der Waals surface area contributed by atoms with E-state index in [1.807, 2.05) is 17.2 Å². The van der Waals surface area contributed by atoms with Gasteiger partial charge in [-0.05, 0) is 44.6 Å². The number of imidazole rings is 1. The van der Waals surface area contributed by atoms with Gasteiger partial charge in [0.25, 0.3) is 0 Å². The highest BCUT2D eigenvalue weighted by Crippen LogP contribution is 2.36. The maximum Gasteiger partial charge on any atom is 0.223 e. The van der Waals surface area contributed by atoms with Crippen molar-refractivity contribution in [1.29, 1.82) is 10.5 Å². The highest BCUT2D eigenvalue weighted by Gasteiger charge is 2.27. The molecular weight excluding hydrogens is 428 g/mol. The van der Waals surface area contributed by atoms with Gasteiger partial charge in [0, 0.05) is 30.0 Å². The molecule has 2 aliphatic rings. The van der Waals surface area contributed by atoms with E-state index in [0.29, 0.717) is 28.8 Å². The Morgan fingerprint density at radius 1 is 0.971 bits per heavy atom. The van der Waals surface area contributed by atoms with Gasteiger partial charge in [-0.2, -0.15) is 15.6 Å². The normalized spacial score (nSPS) is 20.1. The van der Waals surface area contributed by atoms with Crippen molar-refractivity contribution in [2.24, 2.45) is 0 Å². The average molecular weight is 451 g/mol. The van der Waals surface area contributed by atoms with Crippen LogP contribution in [0.25, 0.3) is 22.4 Å². The third-order valence-electron chi connectivity index (χ3n) is 6.62. The van der Waals surface area contributed by atoms with Gasteiger partial charge >= 0.3 is 0 Å². The topological polar surface area (TPSA) is 134 Å². The van der Waals surface area contributed by atoms with Crippen molar-refractivity contribution in [1.82, 2.24) is 34.3 Å². The van der Waals surface area contributed by atoms with Crippen LogP contribution >= 0.6 is 0 Å². The molecule has 0 aromatic carbocycles. The van der Waals surface area contributed by atoms with Crippen molar-refractivity contribution in [2.75, 3.05) is 5.32 Å². The fourth-order valence-electron chi connectivity index (χ4n) is 4.73. The minimum absolute atomic E-state index is 0.185. The molecule has 0 spiro atoms. The summed E-state index contributed by atoms with van der Waals surface area (Å²) in [5.41, 5.74) is 3.93. The molecular formula is C24H22N10. The molecule has 0 saturated heterocycles. The summed E-state index contributed by atoms with van der Waals surface area (Å²) in [6.07, 6.45) is 15.0. The highest BCUT2D eigenvalue weighted by atomic mass is 15.3. The zero-order valence-corrected chi connectivity index (χ0v) is 18.5. The van der Waals surface area contributed by atoms with Crippen LogP contribution in [-0.2, 0) is 0 Å². The zero-order chi connectivity index (χ0) is 23.1. The van der Waals surface area contributed by atoms with Crippen molar-refractivity contribution >= 4 is 17.1 Å². The lowest BCUT2D eigenvalue weighted by Gasteiger charge is -2.30. The summed E-state index contributed by atoms with van der Waals surface area (Å²) < 4.78 is 4.07. The number of rotatable bonds is 5. The number of hydrogen-bond acceptors (Lipinski definition) is 8. The lowest BCUT2D eigenvalue weighted by atomic mass is 9.91. The van der Waals surface area contributed by atoms with Crippen LogP contribution in [0.2, 0.25) is 0 Å². The van der Waals surface area contributed by atoms with Crippen molar-refractivity contribution in [3.63, 3.8) is 0 Å². The maximum atomic E-state index is 9.57. The molecule has 1 N–H and O–H groups in total. The van der Waals surface area contributed by atoms with E-state index in [-0.39, 0.29) is 12.1 Å². The van der Waals surface area contributed by atoms with Crippen LogP contribution in [0.15, 0.2) is 37.2 Å². The van der Waals surface area contributed by atoms with E-state index in [2.05, 4.69) is 42.1 Å². The molecule has 2 aliphatic carbocycles. The Morgan fingerprint density at radius 2 is 1.88 bits per heavy atom. The lowest BCUT2D eigenvalue weighted by molar-refractivity contribution is 0.335. The first kappa shape index (κ1) is 20.3. The number of anilines is 1. The van der Waals surface area contributed by atoms with Crippen molar-refractivity contribution in [3.05, 3.63) is 48.3 Å². The van der Waals surface area contributed by atoms with Crippen molar-refractivity contribution in [3.8, 4) is 23.4 Å². The number of nitrogens with one attached hydrogen (secondary N) is 1. The molecule has 0 unspecified atom stereocenters. The molecule has 168 valence electrons. The Hall–Kier alpha value is -4.31. The molecule has 34 heavy (non-hydrogen) atoms. The maximum absolute atomic E-state index is 9.57. The van der Waals surface area contributed by atoms with Gasteiger partial charge in [0.05, 0.1) is 41.6 Å². The molecule has 4 heterocycles. The largest absolute Gasteiger partial charge is 0.351 e. The second-order valence-corrected chi connectivity index (χ2v) is 9.00. The average Bonchev–Trinajstić information content (AvgIpc) is 3.45. The Labute approximate surface area is 195 Å². The van der Waals surface area contributed by atoms with Gasteiger partial charge < -0.3 is 9.88 Å². The fraction of sp³-hybridized carbons (Fsp3) is 0.375. The van der Waals surface area contributed by atoms with Crippen LogP contribution < -0.4 is 5.32 Å². The summed E-state index contributed by atoms with van der Waals surface area (Å²) in [4.78, 5) is 18.0. The predicted molar refractivity (Wildman–Crippen MR) is 123 cm³/mol. The molecule has 2 saturated carbocycles. The van der Waals surface area contributed by atoms with Gasteiger partial charge in [0.2, 0.25) is 5.95 Å². The summed E-state index contributed by atoms with van der Waals surface area (Å²) in [7, 11) is 0. The smallest absolute Gasteiger partial charge is 0.223 e. The first-order chi connectivity index (χ1) is 16.7. The number of pyridine rings is 1. The molecule has 10 nitrogen and oxygen atoms in total. The third-order valence-corrected chi connectivity index (χ3v) is 6.62. The minimum Gasteiger partial charge on any atom is -0.351 e. The van der Waals surface area contributed by atoms with Crippen LogP contribution in [0.4, 0.5) is 5.95 Å². The van der Waals surface area contributed by atoms with Gasteiger partial charge in [-0.15, -0.1) is 0 Å². The summed E-state index contributed by atoms with van der Waals surface area (Å²) >= 11 is 0. The van der Waals surface area contributed by atoms with Crippen LogP contribution in [0, 0.1) is 22.7 Å². The minimum atomic E-state index is 0.185. The molecule has 0 amide bonds. The SMILES string of the molecule is N#Cc1cnc2c(c1)ncn2[C@H]1CCC[C@@H](Nc2ncc(C#N)c(-c3cnn(C4CC4)c3)n2)C1. The molecule has 10 heteroatoms. The molecule has 4 aromatic heterocycles. The van der Waals surface area contributed by atoms with Gasteiger partial charge in [0.15, 0.2) is 5.65 Å². The van der Waals surface area contributed by atoms with Crippen molar-refractivity contribution < 1.29 is 0 Å². The van der Waals surface area contributed by atoms with Gasteiger partial charge in [0.1, 0.15) is 17.7 Å². The van der Waals surface area contributed by atoms with E-state index < -0.39 is 0 Å². The molecule has 2 atom stereocenters. The van der Waals surface area contributed by atoms with E-state index in [4.69, 9.17) is 10.2 Å². The van der Waals surface area contributed by atoms with Crippen LogP contribution in [0.3, 0.4) is 0 Å². The van der Waals surface area contributed by atoms with Crippen molar-refractivity contribution in [2.45, 2.75) is 56.7 Å². The van der Waals surface area contributed by atoms with Gasteiger partial charge in [-0.1, -0.05) is 0 Å². The molecule has 0 bridgehead atoms. The Balaban J connectivity index is 1.22. The number of fused-ring (bicyclic) bond motifs is 1. The molecule has 2 fully saturated rings. The van der Waals surface area contributed by atoms with E-state index in [1.165, 1.54) is 0 Å². The number of nitriles is 2. The van der Waals surface area contributed by atoms with Crippen LogP contribution in [0.1, 0.15) is 61.7 Å². The van der Waals surface area contributed by atoms with E-state index in [1.54, 1.807) is 24.7 Å². The summed E-state index contributed by atoms with van der Waals surface area (Å²) in [5.74, 6) is 0.520. The van der Waals surface area contributed by atoms with E-state index in [0.717, 1.165) is 55.3 Å². The monoisotopic (exact) mass is 450 g/mol. The Kier molecular flexibility index (Phi) is 4.92. The Morgan fingerprint density at radius 3 is 2.71 bits per heavy atom. The predicted octanol–water partition coefficient (Wildman–Crippen LogP) is 3.76. The zero-order valence-electron chi connectivity index (χ0n) is 18.5. The second kappa shape index (κ2) is 8.23. The quantitative estimate of drug-likeness (QED) is 0.486. The Bertz CT molecular complexity index is 1450. The first-order valence-corrected chi connectivity index (χ1v) is 11.5. The molecule has 0 radical (unpaired) electrons. The number of hydrogen-bond donors (Lipinski definition) is 1. The standard InChI is InChI=1S/C24H22N10/c25-8-15-6-21-23(27-10-15)33(14-29-21)20-3-1-2-18(7-20)31-24-28-11-16(9-26)22(32-24)17-12-30-34(13-17)19-4-5-19/h6,10-14,18-20H,1-5,7H2,(H,28,31,32)/t18-,20+/m1/s1. The summed E-state index contributed by atoms with van der Waals surface area (Å²) in [6, 6.07) is 6.99. The molecule has 0 aliphatic heterocycles. The third kappa shape index (κ3) is 3.73.